The molecule has 0 unspecified atom stereocenters. The first-order valence-corrected chi connectivity index (χ1v) is 7.75. The molecule has 2 rings (SSSR count). The van der Waals surface area contributed by atoms with Crippen molar-refractivity contribution in [1.82, 2.24) is 0 Å². The average molecular weight is 451 g/mol. The first-order chi connectivity index (χ1) is 8.97. The van der Waals surface area contributed by atoms with Gasteiger partial charge in [-0.3, -0.25) is 4.79 Å². The van der Waals surface area contributed by atoms with E-state index in [1.165, 1.54) is 0 Å². The molecule has 0 saturated carbocycles. The van der Waals surface area contributed by atoms with Crippen LogP contribution in [-0.4, -0.2) is 5.91 Å². The van der Waals surface area contributed by atoms with Crippen LogP contribution in [0.1, 0.15) is 15.9 Å². The highest BCUT2D eigenvalue weighted by atomic mass is 127. The fraction of sp³-hybridized carbons (Fsp3) is 0.0714. The molecule has 2 aromatic carbocycles. The summed E-state index contributed by atoms with van der Waals surface area (Å²) in [6.45, 7) is 1.98. The number of rotatable bonds is 2. The Labute approximate surface area is 138 Å². The SMILES string of the molecule is Cc1ccc(Br)c(NC(=O)c2cc(Cl)ccc2I)c1. The van der Waals surface area contributed by atoms with Crippen LogP contribution in [0.15, 0.2) is 40.9 Å². The molecule has 2 aromatic rings. The van der Waals surface area contributed by atoms with Crippen LogP contribution in [0.4, 0.5) is 5.69 Å². The van der Waals surface area contributed by atoms with Gasteiger partial charge in [0, 0.05) is 13.1 Å². The molecule has 1 N–H and O–H groups in total. The number of halogens is 3. The quantitative estimate of drug-likeness (QED) is 0.621. The zero-order chi connectivity index (χ0) is 14.0. The Morgan fingerprint density at radius 2 is 2.00 bits per heavy atom. The van der Waals surface area contributed by atoms with Crippen LogP contribution in [0.3, 0.4) is 0 Å². The molecular weight excluding hydrogens is 440 g/mol. The van der Waals surface area contributed by atoms with Gasteiger partial charge in [-0.2, -0.15) is 0 Å². The summed E-state index contributed by atoms with van der Waals surface area (Å²) in [5.74, 6) is -0.168. The van der Waals surface area contributed by atoms with E-state index in [-0.39, 0.29) is 5.91 Å². The Balaban J connectivity index is 2.30. The highest BCUT2D eigenvalue weighted by Crippen LogP contribution is 2.25. The van der Waals surface area contributed by atoms with E-state index in [0.717, 1.165) is 19.3 Å². The summed E-state index contributed by atoms with van der Waals surface area (Å²) in [6, 6.07) is 11.1. The minimum Gasteiger partial charge on any atom is -0.321 e. The lowest BCUT2D eigenvalue weighted by molar-refractivity contribution is 0.102. The fourth-order valence-electron chi connectivity index (χ4n) is 1.60. The summed E-state index contributed by atoms with van der Waals surface area (Å²) in [7, 11) is 0. The number of amides is 1. The third-order valence-electron chi connectivity index (χ3n) is 2.54. The molecule has 19 heavy (non-hydrogen) atoms. The molecular formula is C14H10BrClINO. The topological polar surface area (TPSA) is 29.1 Å². The highest BCUT2D eigenvalue weighted by Gasteiger charge is 2.12. The molecule has 0 radical (unpaired) electrons. The molecule has 0 atom stereocenters. The van der Waals surface area contributed by atoms with E-state index in [4.69, 9.17) is 11.6 Å². The van der Waals surface area contributed by atoms with E-state index in [1.807, 2.05) is 31.2 Å². The summed E-state index contributed by atoms with van der Waals surface area (Å²) in [4.78, 5) is 12.3. The van der Waals surface area contributed by atoms with Crippen LogP contribution >= 0.6 is 50.1 Å². The minimum atomic E-state index is -0.168. The van der Waals surface area contributed by atoms with Crippen LogP contribution in [0, 0.1) is 10.5 Å². The van der Waals surface area contributed by atoms with E-state index < -0.39 is 0 Å². The Bertz CT molecular complexity index is 645. The average Bonchev–Trinajstić information content (AvgIpc) is 2.36. The molecule has 0 aliphatic heterocycles. The van der Waals surface area contributed by atoms with Gasteiger partial charge < -0.3 is 5.32 Å². The fourth-order valence-corrected chi connectivity index (χ4v) is 2.69. The second-order valence-corrected chi connectivity index (χ2v) is 6.51. The maximum Gasteiger partial charge on any atom is 0.256 e. The number of nitrogens with one attached hydrogen (secondary N) is 1. The Hall–Kier alpha value is -0.590. The monoisotopic (exact) mass is 449 g/mol. The second-order valence-electron chi connectivity index (χ2n) is 4.06. The Morgan fingerprint density at radius 1 is 1.26 bits per heavy atom. The molecule has 0 aliphatic rings. The predicted octanol–water partition coefficient (Wildman–Crippen LogP) is 5.27. The van der Waals surface area contributed by atoms with Crippen molar-refractivity contribution in [2.45, 2.75) is 6.92 Å². The van der Waals surface area contributed by atoms with Gasteiger partial charge in [-0.05, 0) is 81.3 Å². The molecule has 5 heteroatoms. The third-order valence-corrected chi connectivity index (χ3v) is 4.41. The standard InChI is InChI=1S/C14H10BrClINO/c1-8-2-4-11(15)13(6-8)18-14(19)10-7-9(16)3-5-12(10)17/h2-7H,1H3,(H,18,19). The lowest BCUT2D eigenvalue weighted by Crippen LogP contribution is -2.14. The van der Waals surface area contributed by atoms with Gasteiger partial charge in [0.05, 0.1) is 11.3 Å². The number of aryl methyl sites for hydroxylation is 1. The van der Waals surface area contributed by atoms with Crippen LogP contribution < -0.4 is 5.32 Å². The molecule has 0 fully saturated rings. The van der Waals surface area contributed by atoms with Crippen LogP contribution in [0.25, 0.3) is 0 Å². The van der Waals surface area contributed by atoms with E-state index in [9.17, 15) is 4.79 Å². The molecule has 0 spiro atoms. The van der Waals surface area contributed by atoms with Crippen molar-refractivity contribution in [2.75, 3.05) is 5.32 Å². The summed E-state index contributed by atoms with van der Waals surface area (Å²) in [5.41, 5.74) is 2.40. The summed E-state index contributed by atoms with van der Waals surface area (Å²) in [5, 5.41) is 3.44. The molecule has 0 aliphatic carbocycles. The number of hydrogen-bond donors (Lipinski definition) is 1. The van der Waals surface area contributed by atoms with E-state index in [1.54, 1.807) is 12.1 Å². The number of anilines is 1. The molecule has 2 nitrogen and oxygen atoms in total. The lowest BCUT2D eigenvalue weighted by Gasteiger charge is -2.10. The number of benzene rings is 2. The smallest absolute Gasteiger partial charge is 0.256 e. The van der Waals surface area contributed by atoms with Crippen molar-refractivity contribution in [3.05, 3.63) is 60.6 Å². The number of carbonyl (C=O) groups excluding carboxylic acids is 1. The van der Waals surface area contributed by atoms with Gasteiger partial charge >= 0.3 is 0 Å². The first kappa shape index (κ1) is 14.8. The summed E-state index contributed by atoms with van der Waals surface area (Å²) < 4.78 is 1.71. The number of hydrogen-bond acceptors (Lipinski definition) is 1. The van der Waals surface area contributed by atoms with Crippen molar-refractivity contribution in [3.63, 3.8) is 0 Å². The van der Waals surface area contributed by atoms with Crippen LogP contribution in [0.2, 0.25) is 5.02 Å². The maximum atomic E-state index is 12.3. The summed E-state index contributed by atoms with van der Waals surface area (Å²) in [6.07, 6.45) is 0. The Morgan fingerprint density at radius 3 is 2.74 bits per heavy atom. The molecule has 0 heterocycles. The van der Waals surface area contributed by atoms with Gasteiger partial charge in [-0.25, -0.2) is 0 Å². The first-order valence-electron chi connectivity index (χ1n) is 5.50. The van der Waals surface area contributed by atoms with Crippen molar-refractivity contribution in [3.8, 4) is 0 Å². The van der Waals surface area contributed by atoms with Gasteiger partial charge in [-0.1, -0.05) is 17.7 Å². The van der Waals surface area contributed by atoms with Gasteiger partial charge in [0.25, 0.3) is 5.91 Å². The largest absolute Gasteiger partial charge is 0.321 e. The van der Waals surface area contributed by atoms with E-state index >= 15 is 0 Å². The van der Waals surface area contributed by atoms with Crippen LogP contribution in [-0.2, 0) is 0 Å². The van der Waals surface area contributed by atoms with Gasteiger partial charge in [-0.15, -0.1) is 0 Å². The molecule has 98 valence electrons. The Kier molecular flexibility index (Phi) is 4.86. The maximum absolute atomic E-state index is 12.3. The number of carbonyl (C=O) groups is 1. The van der Waals surface area contributed by atoms with Crippen LogP contribution in [0.5, 0.6) is 0 Å². The minimum absolute atomic E-state index is 0.168. The molecule has 0 bridgehead atoms. The molecule has 0 aromatic heterocycles. The van der Waals surface area contributed by atoms with E-state index in [2.05, 4.69) is 43.8 Å². The lowest BCUT2D eigenvalue weighted by atomic mass is 10.2. The van der Waals surface area contributed by atoms with Crippen molar-refractivity contribution in [2.24, 2.45) is 0 Å². The second kappa shape index (κ2) is 6.24. The highest BCUT2D eigenvalue weighted by molar-refractivity contribution is 14.1. The zero-order valence-electron chi connectivity index (χ0n) is 10.0. The summed E-state index contributed by atoms with van der Waals surface area (Å²) >= 11 is 11.5. The van der Waals surface area contributed by atoms with Crippen molar-refractivity contribution < 1.29 is 4.79 Å². The van der Waals surface area contributed by atoms with Gasteiger partial charge in [0.15, 0.2) is 0 Å². The normalized spacial score (nSPS) is 10.3. The predicted molar refractivity (Wildman–Crippen MR) is 91.0 cm³/mol. The van der Waals surface area contributed by atoms with E-state index in [0.29, 0.717) is 10.6 Å². The molecule has 0 saturated heterocycles. The third kappa shape index (κ3) is 3.70. The van der Waals surface area contributed by atoms with Gasteiger partial charge in [0.1, 0.15) is 0 Å². The van der Waals surface area contributed by atoms with Crippen molar-refractivity contribution >= 4 is 61.7 Å². The zero-order valence-corrected chi connectivity index (χ0v) is 14.5. The molecule has 1 amide bonds. The van der Waals surface area contributed by atoms with Crippen molar-refractivity contribution in [1.29, 1.82) is 0 Å². The van der Waals surface area contributed by atoms with Gasteiger partial charge in [0.2, 0.25) is 0 Å².